The van der Waals surface area contributed by atoms with E-state index in [1.165, 1.54) is 12.1 Å². The van der Waals surface area contributed by atoms with E-state index in [9.17, 15) is 18.0 Å². The Hall–Kier alpha value is -3.21. The number of amides is 1. The number of likely N-dealkylation sites (tertiary alicyclic amines) is 1. The van der Waals surface area contributed by atoms with Crippen LogP contribution in [0.25, 0.3) is 0 Å². The third-order valence-electron chi connectivity index (χ3n) is 5.51. The molecule has 0 radical (unpaired) electrons. The van der Waals surface area contributed by atoms with Crippen LogP contribution in [0.5, 0.6) is 11.5 Å². The van der Waals surface area contributed by atoms with Gasteiger partial charge in [-0.1, -0.05) is 26.0 Å². The summed E-state index contributed by atoms with van der Waals surface area (Å²) < 4.78 is 50.9. The Kier molecular flexibility index (Phi) is 5.90. The van der Waals surface area contributed by atoms with Crippen molar-refractivity contribution < 1.29 is 27.4 Å². The van der Waals surface area contributed by atoms with Crippen LogP contribution in [0, 0.1) is 16.7 Å². The highest BCUT2D eigenvalue weighted by molar-refractivity contribution is 5.85. The summed E-state index contributed by atoms with van der Waals surface area (Å²) in [5.41, 5.74) is -1.35. The standard InChI is InChI=1S/C23H23F3N2O3/c1-14(15-6-5-7-17(10-15)30-4)28-13-22(2,3)20(21(28)29)31-18-9-8-16(12-27)19(11-18)23(24,25)26/h5-11,14,20H,13H2,1-4H3/t14-,20+/m1/s1. The number of nitrogens with zero attached hydrogens (tertiary/aromatic N) is 2. The van der Waals surface area contributed by atoms with E-state index in [1.54, 1.807) is 18.1 Å². The Balaban J connectivity index is 1.88. The number of halogens is 3. The molecular weight excluding hydrogens is 409 g/mol. The number of carbonyl (C=O) groups excluding carboxylic acids is 1. The number of nitriles is 1. The van der Waals surface area contributed by atoms with Crippen LogP contribution in [-0.4, -0.2) is 30.6 Å². The molecule has 164 valence electrons. The lowest BCUT2D eigenvalue weighted by Crippen LogP contribution is -2.37. The summed E-state index contributed by atoms with van der Waals surface area (Å²) in [6.45, 7) is 5.93. The van der Waals surface area contributed by atoms with Crippen LogP contribution in [-0.2, 0) is 11.0 Å². The first-order valence-electron chi connectivity index (χ1n) is 9.70. The van der Waals surface area contributed by atoms with E-state index in [-0.39, 0.29) is 17.7 Å². The third kappa shape index (κ3) is 4.46. The van der Waals surface area contributed by atoms with Crippen molar-refractivity contribution in [2.45, 2.75) is 39.1 Å². The summed E-state index contributed by atoms with van der Waals surface area (Å²) in [6.07, 6.45) is -5.67. The number of ether oxygens (including phenoxy) is 2. The van der Waals surface area contributed by atoms with Crippen molar-refractivity contribution in [1.82, 2.24) is 4.90 Å². The van der Waals surface area contributed by atoms with E-state index in [2.05, 4.69) is 0 Å². The molecule has 0 aliphatic carbocycles. The van der Waals surface area contributed by atoms with Crippen molar-refractivity contribution in [2.24, 2.45) is 5.41 Å². The van der Waals surface area contributed by atoms with Crippen molar-refractivity contribution in [2.75, 3.05) is 13.7 Å². The number of carbonyl (C=O) groups is 1. The van der Waals surface area contributed by atoms with E-state index in [4.69, 9.17) is 14.7 Å². The minimum Gasteiger partial charge on any atom is -0.497 e. The molecule has 3 rings (SSSR count). The zero-order valence-corrected chi connectivity index (χ0v) is 17.7. The first kappa shape index (κ1) is 22.5. The van der Waals surface area contributed by atoms with Gasteiger partial charge in [-0.3, -0.25) is 4.79 Å². The van der Waals surface area contributed by atoms with Gasteiger partial charge in [0.2, 0.25) is 0 Å². The third-order valence-corrected chi connectivity index (χ3v) is 5.51. The van der Waals surface area contributed by atoms with Crippen molar-refractivity contribution in [1.29, 1.82) is 5.26 Å². The van der Waals surface area contributed by atoms with Crippen LogP contribution >= 0.6 is 0 Å². The molecule has 1 amide bonds. The largest absolute Gasteiger partial charge is 0.497 e. The highest BCUT2D eigenvalue weighted by Gasteiger charge is 2.49. The molecule has 0 aromatic heterocycles. The molecule has 2 aromatic rings. The van der Waals surface area contributed by atoms with Gasteiger partial charge in [0.05, 0.1) is 30.3 Å². The molecule has 1 aliphatic rings. The van der Waals surface area contributed by atoms with Crippen LogP contribution in [0.1, 0.15) is 43.5 Å². The number of rotatable bonds is 5. The van der Waals surface area contributed by atoms with E-state index in [0.717, 1.165) is 17.7 Å². The topological polar surface area (TPSA) is 62.6 Å². The lowest BCUT2D eigenvalue weighted by atomic mass is 9.89. The fourth-order valence-corrected chi connectivity index (χ4v) is 3.77. The summed E-state index contributed by atoms with van der Waals surface area (Å²) in [4.78, 5) is 14.9. The number of hydrogen-bond acceptors (Lipinski definition) is 4. The van der Waals surface area contributed by atoms with E-state index in [1.807, 2.05) is 39.0 Å². The second-order valence-corrected chi connectivity index (χ2v) is 8.22. The van der Waals surface area contributed by atoms with Gasteiger partial charge in [0, 0.05) is 12.0 Å². The summed E-state index contributed by atoms with van der Waals surface area (Å²) in [7, 11) is 1.56. The second kappa shape index (κ2) is 8.14. The smallest absolute Gasteiger partial charge is 0.417 e. The number of hydrogen-bond donors (Lipinski definition) is 0. The molecule has 8 heteroatoms. The van der Waals surface area contributed by atoms with Gasteiger partial charge in [-0.15, -0.1) is 0 Å². The van der Waals surface area contributed by atoms with Gasteiger partial charge >= 0.3 is 6.18 Å². The first-order chi connectivity index (χ1) is 14.5. The zero-order valence-electron chi connectivity index (χ0n) is 17.7. The van der Waals surface area contributed by atoms with Crippen molar-refractivity contribution in [3.05, 3.63) is 59.2 Å². The Labute approximate surface area is 179 Å². The molecule has 2 aromatic carbocycles. The normalized spacial score (nSPS) is 19.1. The SMILES string of the molecule is COc1cccc([C@@H](C)N2CC(C)(C)[C@@H](Oc3ccc(C#N)c(C(F)(F)F)c3)C2=O)c1. The van der Waals surface area contributed by atoms with Gasteiger partial charge in [-0.25, -0.2) is 0 Å². The number of benzene rings is 2. The minimum absolute atomic E-state index is 0.103. The van der Waals surface area contributed by atoms with Crippen molar-refractivity contribution >= 4 is 5.91 Å². The maximum atomic E-state index is 13.3. The van der Waals surface area contributed by atoms with Gasteiger partial charge in [0.15, 0.2) is 6.10 Å². The Morgan fingerprint density at radius 3 is 2.52 bits per heavy atom. The summed E-state index contributed by atoms with van der Waals surface area (Å²) in [5, 5.41) is 8.96. The fourth-order valence-electron chi connectivity index (χ4n) is 3.77. The number of alkyl halides is 3. The van der Waals surface area contributed by atoms with Crippen molar-refractivity contribution in [3.8, 4) is 17.6 Å². The molecule has 1 heterocycles. The Morgan fingerprint density at radius 2 is 1.90 bits per heavy atom. The molecular formula is C23H23F3N2O3. The van der Waals surface area contributed by atoms with Crippen LogP contribution in [0.4, 0.5) is 13.2 Å². The average molecular weight is 432 g/mol. The van der Waals surface area contributed by atoms with Gasteiger partial charge in [0.1, 0.15) is 11.5 Å². The quantitative estimate of drug-likeness (QED) is 0.670. The maximum absolute atomic E-state index is 13.3. The highest BCUT2D eigenvalue weighted by Crippen LogP contribution is 2.40. The first-order valence-corrected chi connectivity index (χ1v) is 9.70. The maximum Gasteiger partial charge on any atom is 0.417 e. The fraction of sp³-hybridized carbons (Fsp3) is 0.391. The monoisotopic (exact) mass is 432 g/mol. The Bertz CT molecular complexity index is 1030. The van der Waals surface area contributed by atoms with Crippen LogP contribution in [0.3, 0.4) is 0 Å². The molecule has 0 bridgehead atoms. The van der Waals surface area contributed by atoms with Gasteiger partial charge < -0.3 is 14.4 Å². The van der Waals surface area contributed by atoms with Gasteiger partial charge in [-0.05, 0) is 42.8 Å². The van der Waals surface area contributed by atoms with Crippen LogP contribution < -0.4 is 9.47 Å². The molecule has 1 fully saturated rings. The van der Waals surface area contributed by atoms with E-state index in [0.29, 0.717) is 12.3 Å². The number of methoxy groups -OCH3 is 1. The van der Waals surface area contributed by atoms with Crippen LogP contribution in [0.15, 0.2) is 42.5 Å². The molecule has 31 heavy (non-hydrogen) atoms. The van der Waals surface area contributed by atoms with E-state index < -0.39 is 28.8 Å². The summed E-state index contributed by atoms with van der Waals surface area (Å²) >= 11 is 0. The van der Waals surface area contributed by atoms with Gasteiger partial charge in [-0.2, -0.15) is 18.4 Å². The van der Waals surface area contributed by atoms with E-state index >= 15 is 0 Å². The lowest BCUT2D eigenvalue weighted by molar-refractivity contribution is -0.138. The second-order valence-electron chi connectivity index (χ2n) is 8.22. The zero-order chi connectivity index (χ0) is 23.0. The van der Waals surface area contributed by atoms with Crippen LogP contribution in [0.2, 0.25) is 0 Å². The minimum atomic E-state index is -4.70. The van der Waals surface area contributed by atoms with Crippen molar-refractivity contribution in [3.63, 3.8) is 0 Å². The predicted octanol–water partition coefficient (Wildman–Crippen LogP) is 4.96. The predicted molar refractivity (Wildman–Crippen MR) is 107 cm³/mol. The molecule has 0 N–H and O–H groups in total. The molecule has 2 atom stereocenters. The lowest BCUT2D eigenvalue weighted by Gasteiger charge is -2.26. The van der Waals surface area contributed by atoms with Gasteiger partial charge in [0.25, 0.3) is 5.91 Å². The molecule has 5 nitrogen and oxygen atoms in total. The molecule has 0 saturated carbocycles. The highest BCUT2D eigenvalue weighted by atomic mass is 19.4. The summed E-state index contributed by atoms with van der Waals surface area (Å²) in [5.74, 6) is 0.257. The molecule has 0 spiro atoms. The Morgan fingerprint density at radius 1 is 1.19 bits per heavy atom. The molecule has 0 unspecified atom stereocenters. The molecule has 1 aliphatic heterocycles. The average Bonchev–Trinajstić information content (AvgIpc) is 2.96. The molecule has 1 saturated heterocycles. The summed E-state index contributed by atoms with van der Waals surface area (Å²) in [6, 6.07) is 11.7.